The number of hydrogen-bond acceptors (Lipinski definition) is 6. The fraction of sp³-hybridized carbons (Fsp3) is 0.400. The lowest BCUT2D eigenvalue weighted by Gasteiger charge is -2.33. The van der Waals surface area contributed by atoms with Crippen molar-refractivity contribution >= 4 is 11.7 Å². The van der Waals surface area contributed by atoms with Gasteiger partial charge in [0.2, 0.25) is 5.88 Å². The van der Waals surface area contributed by atoms with Crippen molar-refractivity contribution in [2.75, 3.05) is 5.32 Å². The van der Waals surface area contributed by atoms with Gasteiger partial charge in [-0.05, 0) is 19.8 Å². The second-order valence-electron chi connectivity index (χ2n) is 5.96. The summed E-state index contributed by atoms with van der Waals surface area (Å²) in [4.78, 5) is 14.8. The molecule has 1 saturated carbocycles. The maximum Gasteiger partial charge on any atom is 0.422 e. The van der Waals surface area contributed by atoms with Crippen molar-refractivity contribution in [3.63, 3.8) is 0 Å². The molecule has 11 heteroatoms. The van der Waals surface area contributed by atoms with Gasteiger partial charge in [0.15, 0.2) is 5.75 Å². The van der Waals surface area contributed by atoms with Crippen LogP contribution in [0.25, 0.3) is 0 Å². The van der Waals surface area contributed by atoms with Gasteiger partial charge in [-0.3, -0.25) is 10.1 Å². The number of carboxylic acids is 1. The van der Waals surface area contributed by atoms with Gasteiger partial charge in [-0.1, -0.05) is 0 Å². The highest BCUT2D eigenvalue weighted by molar-refractivity contribution is 5.87. The zero-order chi connectivity index (χ0) is 19.1. The smallest absolute Gasteiger partial charge is 0.422 e. The van der Waals surface area contributed by atoms with Crippen LogP contribution in [0.2, 0.25) is 0 Å². The lowest BCUT2D eigenvalue weighted by molar-refractivity contribution is -0.138. The van der Waals surface area contributed by atoms with E-state index in [2.05, 4.69) is 20.5 Å². The van der Waals surface area contributed by atoms with Crippen molar-refractivity contribution in [2.45, 2.75) is 38.1 Å². The number of anilines is 1. The second kappa shape index (κ2) is 6.48. The summed E-state index contributed by atoms with van der Waals surface area (Å²) < 4.78 is 45.9. The molecule has 1 aliphatic rings. The van der Waals surface area contributed by atoms with E-state index in [-0.39, 0.29) is 28.9 Å². The number of H-pyrrole nitrogens is 1. The number of carboxylic acid groups (broad SMARTS) is 1. The molecule has 0 spiro atoms. The molecule has 1 fully saturated rings. The average molecular weight is 372 g/mol. The van der Waals surface area contributed by atoms with Crippen LogP contribution in [0.3, 0.4) is 0 Å². The molecule has 0 radical (unpaired) electrons. The zero-order valence-corrected chi connectivity index (χ0v) is 13.5. The minimum Gasteiger partial charge on any atom is -0.477 e. The number of aromatic carboxylic acids is 1. The predicted molar refractivity (Wildman–Crippen MR) is 82.2 cm³/mol. The second-order valence-corrected chi connectivity index (χ2v) is 5.96. The van der Waals surface area contributed by atoms with Crippen LogP contribution in [0, 0.1) is 6.92 Å². The molecule has 0 amide bonds. The van der Waals surface area contributed by atoms with Crippen LogP contribution in [0.4, 0.5) is 18.9 Å². The largest absolute Gasteiger partial charge is 0.477 e. The van der Waals surface area contributed by atoms with Crippen molar-refractivity contribution in [3.05, 3.63) is 29.2 Å². The maximum atomic E-state index is 13.6. The normalized spacial score (nSPS) is 19.7. The SMILES string of the molecule is Cc1c(Oc2cncc(NC3CC(O)C3)c2C(F)(F)F)n[nH]c1C(=O)O. The number of nitrogens with one attached hydrogen (secondary N) is 2. The van der Waals surface area contributed by atoms with Crippen molar-refractivity contribution in [1.29, 1.82) is 0 Å². The average Bonchev–Trinajstić information content (AvgIpc) is 2.86. The molecule has 2 aromatic rings. The van der Waals surface area contributed by atoms with Gasteiger partial charge in [-0.2, -0.15) is 13.2 Å². The van der Waals surface area contributed by atoms with Gasteiger partial charge in [0.25, 0.3) is 0 Å². The fourth-order valence-corrected chi connectivity index (χ4v) is 2.64. The Morgan fingerprint density at radius 1 is 1.38 bits per heavy atom. The monoisotopic (exact) mass is 372 g/mol. The Kier molecular flexibility index (Phi) is 4.48. The van der Waals surface area contributed by atoms with E-state index in [1.54, 1.807) is 0 Å². The topological polar surface area (TPSA) is 120 Å². The summed E-state index contributed by atoms with van der Waals surface area (Å²) in [6, 6.07) is -0.297. The van der Waals surface area contributed by atoms with E-state index in [1.165, 1.54) is 6.92 Å². The summed E-state index contributed by atoms with van der Waals surface area (Å²) in [5.41, 5.74) is -1.57. The quantitative estimate of drug-likeness (QED) is 0.637. The van der Waals surface area contributed by atoms with E-state index in [0.29, 0.717) is 12.8 Å². The van der Waals surface area contributed by atoms with Gasteiger partial charge < -0.3 is 20.3 Å². The Balaban J connectivity index is 1.95. The number of aliphatic hydroxyl groups excluding tert-OH is 1. The van der Waals surface area contributed by atoms with E-state index in [9.17, 15) is 23.1 Å². The van der Waals surface area contributed by atoms with Crippen LogP contribution >= 0.6 is 0 Å². The first kappa shape index (κ1) is 18.0. The summed E-state index contributed by atoms with van der Waals surface area (Å²) in [5, 5.41) is 26.8. The third kappa shape index (κ3) is 3.43. The minimum atomic E-state index is -4.75. The van der Waals surface area contributed by atoms with Gasteiger partial charge in [-0.25, -0.2) is 4.79 Å². The number of aromatic nitrogens is 3. The number of alkyl halides is 3. The first-order chi connectivity index (χ1) is 12.2. The molecule has 0 aliphatic heterocycles. The van der Waals surface area contributed by atoms with Crippen LogP contribution in [-0.4, -0.2) is 43.5 Å². The van der Waals surface area contributed by atoms with E-state index in [4.69, 9.17) is 9.84 Å². The fourth-order valence-electron chi connectivity index (χ4n) is 2.64. The Bertz CT molecular complexity index is 831. The summed E-state index contributed by atoms with van der Waals surface area (Å²) in [6.07, 6.45) is -2.69. The third-order valence-electron chi connectivity index (χ3n) is 4.05. The minimum absolute atomic E-state index is 0.0612. The zero-order valence-electron chi connectivity index (χ0n) is 13.5. The molecule has 0 unspecified atom stereocenters. The molecule has 0 bridgehead atoms. The van der Waals surface area contributed by atoms with Crippen molar-refractivity contribution < 1.29 is 32.9 Å². The lowest BCUT2D eigenvalue weighted by atomic mass is 9.89. The number of rotatable bonds is 5. The van der Waals surface area contributed by atoms with Crippen LogP contribution in [-0.2, 0) is 6.18 Å². The molecule has 140 valence electrons. The van der Waals surface area contributed by atoms with Gasteiger partial charge in [0, 0.05) is 11.6 Å². The van der Waals surface area contributed by atoms with Crippen LogP contribution in [0.1, 0.15) is 34.5 Å². The van der Waals surface area contributed by atoms with E-state index >= 15 is 0 Å². The molecule has 0 atom stereocenters. The van der Waals surface area contributed by atoms with Gasteiger partial charge in [0.05, 0.1) is 24.2 Å². The molecule has 1 aliphatic carbocycles. The number of nitrogens with zero attached hydrogens (tertiary/aromatic N) is 2. The van der Waals surface area contributed by atoms with Crippen molar-refractivity contribution in [3.8, 4) is 11.6 Å². The summed E-state index contributed by atoms with van der Waals surface area (Å²) in [5.74, 6) is -2.20. The van der Waals surface area contributed by atoms with Crippen molar-refractivity contribution in [1.82, 2.24) is 15.2 Å². The molecule has 2 heterocycles. The van der Waals surface area contributed by atoms with E-state index in [0.717, 1.165) is 12.4 Å². The highest BCUT2D eigenvalue weighted by Gasteiger charge is 2.40. The molecule has 4 N–H and O–H groups in total. The van der Waals surface area contributed by atoms with Crippen molar-refractivity contribution in [2.24, 2.45) is 0 Å². The molecule has 8 nitrogen and oxygen atoms in total. The molecule has 0 saturated heterocycles. The number of aromatic amines is 1. The summed E-state index contributed by atoms with van der Waals surface area (Å²) in [6.45, 7) is 1.36. The number of halogens is 3. The molecule has 2 aromatic heterocycles. The number of carbonyl (C=O) groups is 1. The maximum absolute atomic E-state index is 13.6. The summed E-state index contributed by atoms with van der Waals surface area (Å²) >= 11 is 0. The highest BCUT2D eigenvalue weighted by atomic mass is 19.4. The molecule has 3 rings (SSSR count). The van der Waals surface area contributed by atoms with Gasteiger partial charge >= 0.3 is 12.1 Å². The van der Waals surface area contributed by atoms with Gasteiger partial charge in [-0.15, -0.1) is 5.10 Å². The number of pyridine rings is 1. The Hall–Kier alpha value is -2.82. The first-order valence-corrected chi connectivity index (χ1v) is 7.62. The number of ether oxygens (including phenoxy) is 1. The number of hydrogen-bond donors (Lipinski definition) is 4. The van der Waals surface area contributed by atoms with E-state index in [1.807, 2.05) is 0 Å². The predicted octanol–water partition coefficient (Wildman–Crippen LogP) is 2.56. The Morgan fingerprint density at radius 2 is 2.08 bits per heavy atom. The summed E-state index contributed by atoms with van der Waals surface area (Å²) in [7, 11) is 0. The highest BCUT2D eigenvalue weighted by Crippen LogP contribution is 2.43. The lowest BCUT2D eigenvalue weighted by Crippen LogP contribution is -2.39. The Labute approximate surface area is 145 Å². The van der Waals surface area contributed by atoms with Crippen LogP contribution in [0.15, 0.2) is 12.4 Å². The molecular weight excluding hydrogens is 357 g/mol. The molecule has 26 heavy (non-hydrogen) atoms. The molecular formula is C15H15F3N4O4. The van der Waals surface area contributed by atoms with E-state index < -0.39 is 29.6 Å². The standard InChI is InChI=1S/C15H15F3N4O4/c1-6-12(14(24)25)21-22-13(6)26-10-5-19-4-9(11(10)15(16,17)18)20-7-2-8(23)3-7/h4-5,7-8,20,23H,2-3H2,1H3,(H,21,22)(H,24,25). The Morgan fingerprint density at radius 3 is 2.62 bits per heavy atom. The van der Waals surface area contributed by atoms with Crippen LogP contribution < -0.4 is 10.1 Å². The number of aliphatic hydroxyl groups is 1. The first-order valence-electron chi connectivity index (χ1n) is 7.62. The van der Waals surface area contributed by atoms with Gasteiger partial charge in [0.1, 0.15) is 11.3 Å². The third-order valence-corrected chi connectivity index (χ3v) is 4.05. The molecule has 0 aromatic carbocycles. The van der Waals surface area contributed by atoms with Crippen LogP contribution in [0.5, 0.6) is 11.6 Å².